The van der Waals surface area contributed by atoms with E-state index >= 15 is 0 Å². The highest BCUT2D eigenvalue weighted by molar-refractivity contribution is 7.09. The lowest BCUT2D eigenvalue weighted by Gasteiger charge is -2.28. The van der Waals surface area contributed by atoms with Crippen molar-refractivity contribution < 1.29 is 9.59 Å². The number of primary amides is 1. The fourth-order valence-electron chi connectivity index (χ4n) is 3.37. The van der Waals surface area contributed by atoms with Gasteiger partial charge in [-0.15, -0.1) is 11.3 Å². The van der Waals surface area contributed by atoms with Crippen LogP contribution in [0.1, 0.15) is 43.4 Å². The second-order valence-corrected chi connectivity index (χ2v) is 7.47. The Kier molecular flexibility index (Phi) is 7.26. The Hall–Kier alpha value is -1.87. The first-order chi connectivity index (χ1) is 11.6. The predicted molar refractivity (Wildman–Crippen MR) is 94.1 cm³/mol. The molecule has 1 aliphatic carbocycles. The van der Waals surface area contributed by atoms with Crippen LogP contribution in [0.3, 0.4) is 0 Å². The number of nitrogens with zero attached hydrogens (tertiary/aromatic N) is 2. The van der Waals surface area contributed by atoms with E-state index in [2.05, 4.69) is 0 Å². The van der Waals surface area contributed by atoms with E-state index < -0.39 is 11.8 Å². The van der Waals surface area contributed by atoms with Crippen LogP contribution in [0.2, 0.25) is 0 Å². The van der Waals surface area contributed by atoms with Gasteiger partial charge in [-0.25, -0.2) is 0 Å². The number of rotatable bonds is 8. The molecule has 1 fully saturated rings. The van der Waals surface area contributed by atoms with Gasteiger partial charge in [0, 0.05) is 11.4 Å². The van der Waals surface area contributed by atoms with Gasteiger partial charge in [0.15, 0.2) is 0 Å². The molecule has 0 spiro atoms. The number of carbonyl (C=O) groups is 2. The molecular formula is C18H25N3O2S. The van der Waals surface area contributed by atoms with Crippen LogP contribution in [-0.4, -0.2) is 29.8 Å². The van der Waals surface area contributed by atoms with Gasteiger partial charge < -0.3 is 10.6 Å². The van der Waals surface area contributed by atoms with Crippen LogP contribution in [0, 0.1) is 23.2 Å². The van der Waals surface area contributed by atoms with Crippen molar-refractivity contribution in [2.45, 2.75) is 44.9 Å². The Morgan fingerprint density at radius 1 is 1.38 bits per heavy atom. The fraction of sp³-hybridized carbons (Fsp3) is 0.611. The number of hydrogen-bond acceptors (Lipinski definition) is 4. The van der Waals surface area contributed by atoms with E-state index in [1.165, 1.54) is 11.3 Å². The van der Waals surface area contributed by atoms with Crippen molar-refractivity contribution >= 4 is 23.2 Å². The molecule has 0 saturated heterocycles. The minimum Gasteiger partial charge on any atom is -0.369 e. The third kappa shape index (κ3) is 5.34. The smallest absolute Gasteiger partial charge is 0.236 e. The number of amides is 2. The zero-order chi connectivity index (χ0) is 17.4. The first-order valence-corrected chi connectivity index (χ1v) is 9.47. The minimum atomic E-state index is -0.801. The highest BCUT2D eigenvalue weighted by atomic mass is 32.1. The summed E-state index contributed by atoms with van der Waals surface area (Å²) in [6, 6.07) is 6.00. The van der Waals surface area contributed by atoms with Crippen LogP contribution in [0.4, 0.5) is 0 Å². The molecule has 6 heteroatoms. The van der Waals surface area contributed by atoms with Crippen molar-refractivity contribution in [1.82, 2.24) is 4.90 Å². The Morgan fingerprint density at radius 2 is 2.12 bits per heavy atom. The zero-order valence-corrected chi connectivity index (χ0v) is 14.8. The summed E-state index contributed by atoms with van der Waals surface area (Å²) in [5, 5.41) is 11.0. The molecule has 1 aliphatic rings. The number of nitrogens with two attached hydrogens (primary N) is 1. The summed E-state index contributed by atoms with van der Waals surface area (Å²) < 4.78 is 0. The van der Waals surface area contributed by atoms with Crippen LogP contribution in [0.25, 0.3) is 0 Å². The predicted octanol–water partition coefficient (Wildman–Crippen LogP) is 2.71. The maximum atomic E-state index is 12.8. The summed E-state index contributed by atoms with van der Waals surface area (Å²) in [6.07, 6.45) is 6.88. The van der Waals surface area contributed by atoms with Gasteiger partial charge in [-0.1, -0.05) is 38.2 Å². The van der Waals surface area contributed by atoms with Crippen molar-refractivity contribution in [3.8, 4) is 6.07 Å². The maximum Gasteiger partial charge on any atom is 0.236 e. The normalized spacial score (nSPS) is 16.3. The van der Waals surface area contributed by atoms with Crippen LogP contribution in [0.5, 0.6) is 0 Å². The number of thiophene rings is 1. The van der Waals surface area contributed by atoms with Crippen LogP contribution in [-0.2, 0) is 16.0 Å². The summed E-state index contributed by atoms with van der Waals surface area (Å²) >= 11 is 1.63. The molecule has 1 aromatic heterocycles. The molecule has 130 valence electrons. The third-order valence-electron chi connectivity index (χ3n) is 4.72. The van der Waals surface area contributed by atoms with Gasteiger partial charge in [-0.05, 0) is 30.2 Å². The minimum absolute atomic E-state index is 0.00133. The van der Waals surface area contributed by atoms with Crippen molar-refractivity contribution in [2.24, 2.45) is 17.6 Å². The molecule has 0 radical (unpaired) electrons. The molecule has 1 saturated carbocycles. The van der Waals surface area contributed by atoms with Gasteiger partial charge in [-0.2, -0.15) is 5.26 Å². The average Bonchev–Trinajstić information content (AvgIpc) is 3.10. The SMILES string of the molecule is N#CCN(CCc1cccs1)C(=O)C(CC1CCCCC1)C(N)=O. The standard InChI is InChI=1S/C18H25N3O2S/c19-9-11-21(10-8-15-7-4-12-24-15)18(23)16(17(20)22)13-14-5-2-1-3-6-14/h4,7,12,14,16H,1-3,5-6,8,10-11,13H2,(H2,20,22). The number of carbonyl (C=O) groups excluding carboxylic acids is 2. The van der Waals surface area contributed by atoms with E-state index in [1.54, 1.807) is 11.3 Å². The van der Waals surface area contributed by atoms with Crippen LogP contribution >= 0.6 is 11.3 Å². The quantitative estimate of drug-likeness (QED) is 0.579. The lowest BCUT2D eigenvalue weighted by molar-refractivity contribution is -0.141. The molecule has 2 amide bonds. The highest BCUT2D eigenvalue weighted by Gasteiger charge is 2.31. The van der Waals surface area contributed by atoms with Crippen LogP contribution in [0.15, 0.2) is 17.5 Å². The van der Waals surface area contributed by atoms with Gasteiger partial charge >= 0.3 is 0 Å². The Bertz CT molecular complexity index is 574. The molecule has 2 N–H and O–H groups in total. The average molecular weight is 347 g/mol. The third-order valence-corrected chi connectivity index (χ3v) is 5.65. The molecule has 0 aromatic carbocycles. The van der Waals surface area contributed by atoms with Crippen molar-refractivity contribution in [1.29, 1.82) is 5.26 Å². The molecule has 0 aliphatic heterocycles. The Morgan fingerprint density at radius 3 is 2.71 bits per heavy atom. The summed E-state index contributed by atoms with van der Waals surface area (Å²) in [5.74, 6) is -1.26. The van der Waals surface area contributed by atoms with E-state index in [-0.39, 0.29) is 12.5 Å². The largest absolute Gasteiger partial charge is 0.369 e. The van der Waals surface area contributed by atoms with E-state index in [0.717, 1.165) is 30.6 Å². The molecule has 2 rings (SSSR count). The lowest BCUT2D eigenvalue weighted by Crippen LogP contribution is -2.43. The van der Waals surface area contributed by atoms with E-state index in [9.17, 15) is 9.59 Å². The highest BCUT2D eigenvalue weighted by Crippen LogP contribution is 2.29. The topological polar surface area (TPSA) is 87.2 Å². The molecule has 0 bridgehead atoms. The molecule has 24 heavy (non-hydrogen) atoms. The van der Waals surface area contributed by atoms with Crippen molar-refractivity contribution in [2.75, 3.05) is 13.1 Å². The summed E-state index contributed by atoms with van der Waals surface area (Å²) in [4.78, 5) is 27.3. The molecule has 1 aromatic rings. The molecule has 1 unspecified atom stereocenters. The monoisotopic (exact) mass is 347 g/mol. The van der Waals surface area contributed by atoms with Crippen LogP contribution < -0.4 is 5.73 Å². The fourth-order valence-corrected chi connectivity index (χ4v) is 4.07. The van der Waals surface area contributed by atoms with Gasteiger partial charge in [-0.3, -0.25) is 9.59 Å². The molecule has 1 atom stereocenters. The van der Waals surface area contributed by atoms with E-state index in [1.807, 2.05) is 23.6 Å². The van der Waals surface area contributed by atoms with Crippen molar-refractivity contribution in [3.05, 3.63) is 22.4 Å². The number of hydrogen-bond donors (Lipinski definition) is 1. The van der Waals surface area contributed by atoms with Crippen molar-refractivity contribution in [3.63, 3.8) is 0 Å². The summed E-state index contributed by atoms with van der Waals surface area (Å²) in [5.41, 5.74) is 5.51. The van der Waals surface area contributed by atoms with Gasteiger partial charge in [0.05, 0.1) is 6.07 Å². The van der Waals surface area contributed by atoms with E-state index in [0.29, 0.717) is 25.3 Å². The summed E-state index contributed by atoms with van der Waals surface area (Å²) in [6.45, 7) is 0.444. The second-order valence-electron chi connectivity index (χ2n) is 6.44. The second kappa shape index (κ2) is 9.43. The maximum absolute atomic E-state index is 12.8. The molecule has 1 heterocycles. The first kappa shape index (κ1) is 18.5. The molecular weight excluding hydrogens is 322 g/mol. The number of nitriles is 1. The Balaban J connectivity index is 2.00. The van der Waals surface area contributed by atoms with Gasteiger partial charge in [0.2, 0.25) is 11.8 Å². The van der Waals surface area contributed by atoms with Gasteiger partial charge in [0.1, 0.15) is 12.5 Å². The lowest BCUT2D eigenvalue weighted by atomic mass is 9.82. The van der Waals surface area contributed by atoms with E-state index in [4.69, 9.17) is 11.0 Å². The first-order valence-electron chi connectivity index (χ1n) is 8.59. The zero-order valence-electron chi connectivity index (χ0n) is 13.9. The van der Waals surface area contributed by atoms with Gasteiger partial charge in [0.25, 0.3) is 0 Å². The Labute approximate surface area is 147 Å². The summed E-state index contributed by atoms with van der Waals surface area (Å²) in [7, 11) is 0. The molecule has 5 nitrogen and oxygen atoms in total.